The molecule has 0 amide bonds. The summed E-state index contributed by atoms with van der Waals surface area (Å²) in [5, 5.41) is 8.72. The first-order valence-corrected chi connectivity index (χ1v) is 5.12. The van der Waals surface area contributed by atoms with E-state index in [-0.39, 0.29) is 29.3 Å². The maximum absolute atomic E-state index is 11.4. The quantitative estimate of drug-likeness (QED) is 0.512. The lowest BCUT2D eigenvalue weighted by molar-refractivity contribution is -0.151. The second-order valence-electron chi connectivity index (χ2n) is 4.30. The lowest BCUT2D eigenvalue weighted by atomic mass is 9.80. The molecule has 2 saturated carbocycles. The molecule has 5 heteroatoms. The van der Waals surface area contributed by atoms with Crippen molar-refractivity contribution in [3.63, 3.8) is 0 Å². The Morgan fingerprint density at radius 1 is 1.50 bits per heavy atom. The zero-order valence-corrected chi connectivity index (χ0v) is 7.98. The summed E-state index contributed by atoms with van der Waals surface area (Å²) in [5.74, 6) is -2.36. The molecule has 1 N–H and O–H groups in total. The number of carboxylic acids is 1. The van der Waals surface area contributed by atoms with E-state index in [9.17, 15) is 9.59 Å². The fraction of sp³-hybridized carbons (Fsp3) is 0.778. The van der Waals surface area contributed by atoms with E-state index in [1.807, 2.05) is 0 Å². The van der Waals surface area contributed by atoms with Crippen LogP contribution in [0.5, 0.6) is 0 Å². The maximum atomic E-state index is 11.4. The molecular formula is C9H9ClO4. The first kappa shape index (κ1) is 8.53. The van der Waals surface area contributed by atoms with Crippen LogP contribution in [0.4, 0.5) is 0 Å². The Kier molecular flexibility index (Phi) is 1.48. The summed E-state index contributed by atoms with van der Waals surface area (Å²) in [4.78, 5) is 22.4. The van der Waals surface area contributed by atoms with Gasteiger partial charge in [0.05, 0.1) is 17.2 Å². The summed E-state index contributed by atoms with van der Waals surface area (Å²) < 4.78 is 5.10. The fourth-order valence-electron chi connectivity index (χ4n) is 3.31. The molecule has 1 aliphatic heterocycles. The van der Waals surface area contributed by atoms with Crippen LogP contribution in [0.2, 0.25) is 0 Å². The minimum absolute atomic E-state index is 0.0519. The summed E-state index contributed by atoms with van der Waals surface area (Å²) in [6.45, 7) is 0. The number of rotatable bonds is 1. The Balaban J connectivity index is 2.04. The molecule has 1 heterocycles. The molecule has 3 aliphatic rings. The molecule has 0 spiro atoms. The minimum atomic E-state index is -0.912. The lowest BCUT2D eigenvalue weighted by Crippen LogP contribution is -2.38. The molecule has 3 rings (SSSR count). The summed E-state index contributed by atoms with van der Waals surface area (Å²) in [5.41, 5.74) is 0. The van der Waals surface area contributed by atoms with Gasteiger partial charge in [0.2, 0.25) is 0 Å². The number of carboxylic acid groups (broad SMARTS) is 1. The number of carbonyl (C=O) groups excluding carboxylic acids is 1. The van der Waals surface area contributed by atoms with Crippen molar-refractivity contribution < 1.29 is 19.4 Å². The molecule has 6 atom stereocenters. The van der Waals surface area contributed by atoms with Crippen molar-refractivity contribution in [2.75, 3.05) is 0 Å². The van der Waals surface area contributed by atoms with E-state index < -0.39 is 17.8 Å². The SMILES string of the molecule is O=C(O)[C@@H]1[C@H]2C[C@H]3[C@H](OC(=O)[C@H]31)[C@@H]2Cl. The van der Waals surface area contributed by atoms with Crippen molar-refractivity contribution in [2.45, 2.75) is 17.9 Å². The van der Waals surface area contributed by atoms with E-state index in [1.165, 1.54) is 0 Å². The predicted molar refractivity (Wildman–Crippen MR) is 45.7 cm³/mol. The van der Waals surface area contributed by atoms with Crippen LogP contribution >= 0.6 is 11.6 Å². The molecule has 3 fully saturated rings. The number of aliphatic carboxylic acids is 1. The molecule has 0 radical (unpaired) electrons. The van der Waals surface area contributed by atoms with Gasteiger partial charge in [-0.2, -0.15) is 0 Å². The molecule has 76 valence electrons. The van der Waals surface area contributed by atoms with Gasteiger partial charge in [0, 0.05) is 5.92 Å². The Labute approximate surface area is 85.2 Å². The maximum Gasteiger partial charge on any atom is 0.310 e. The summed E-state index contributed by atoms with van der Waals surface area (Å²) >= 11 is 6.07. The van der Waals surface area contributed by atoms with E-state index in [1.54, 1.807) is 0 Å². The number of ether oxygens (including phenoxy) is 1. The molecular weight excluding hydrogens is 208 g/mol. The molecule has 0 aromatic rings. The molecule has 0 aromatic carbocycles. The van der Waals surface area contributed by atoms with E-state index in [4.69, 9.17) is 21.4 Å². The van der Waals surface area contributed by atoms with Crippen LogP contribution in [0.15, 0.2) is 0 Å². The van der Waals surface area contributed by atoms with Crippen LogP contribution in [-0.2, 0) is 14.3 Å². The molecule has 1 saturated heterocycles. The van der Waals surface area contributed by atoms with Gasteiger partial charge in [0.15, 0.2) is 0 Å². The molecule has 4 nitrogen and oxygen atoms in total. The highest BCUT2D eigenvalue weighted by molar-refractivity contribution is 6.22. The van der Waals surface area contributed by atoms with E-state index in [0.717, 1.165) is 6.42 Å². The van der Waals surface area contributed by atoms with Crippen molar-refractivity contribution >= 4 is 23.5 Å². The Bertz CT molecular complexity index is 329. The second kappa shape index (κ2) is 2.42. The van der Waals surface area contributed by atoms with Gasteiger partial charge in [-0.05, 0) is 12.3 Å². The molecule has 0 unspecified atom stereocenters. The van der Waals surface area contributed by atoms with E-state index in [2.05, 4.69) is 0 Å². The highest BCUT2D eigenvalue weighted by Crippen LogP contribution is 2.59. The standard InChI is InChI=1S/C9H9ClO4/c10-6-2-1-3-5(4(2)8(11)12)9(13)14-7(3)6/h2-7H,1H2,(H,11,12)/t2-,3-,4-,5-,6-,7+/m1/s1. The van der Waals surface area contributed by atoms with Crippen LogP contribution in [0.1, 0.15) is 6.42 Å². The van der Waals surface area contributed by atoms with Crippen LogP contribution in [0.3, 0.4) is 0 Å². The number of fused-ring (bicyclic) bond motifs is 1. The van der Waals surface area contributed by atoms with E-state index in [0.29, 0.717) is 0 Å². The van der Waals surface area contributed by atoms with Crippen LogP contribution in [-0.4, -0.2) is 28.5 Å². The van der Waals surface area contributed by atoms with Gasteiger partial charge in [-0.1, -0.05) is 0 Å². The first-order chi connectivity index (χ1) is 6.61. The number of hydrogen-bond donors (Lipinski definition) is 1. The van der Waals surface area contributed by atoms with Crippen LogP contribution < -0.4 is 0 Å². The average Bonchev–Trinajstić information content (AvgIpc) is 2.67. The third-order valence-electron chi connectivity index (χ3n) is 3.81. The van der Waals surface area contributed by atoms with Crippen molar-refractivity contribution in [1.82, 2.24) is 0 Å². The third kappa shape index (κ3) is 0.764. The molecule has 2 aliphatic carbocycles. The molecule has 14 heavy (non-hydrogen) atoms. The predicted octanol–water partition coefficient (Wildman–Crippen LogP) is 0.486. The van der Waals surface area contributed by atoms with Crippen molar-refractivity contribution in [2.24, 2.45) is 23.7 Å². The monoisotopic (exact) mass is 216 g/mol. The third-order valence-corrected chi connectivity index (χ3v) is 4.38. The van der Waals surface area contributed by atoms with Crippen LogP contribution in [0.25, 0.3) is 0 Å². The Morgan fingerprint density at radius 2 is 2.21 bits per heavy atom. The van der Waals surface area contributed by atoms with Crippen molar-refractivity contribution in [3.05, 3.63) is 0 Å². The molecule has 2 bridgehead atoms. The first-order valence-electron chi connectivity index (χ1n) is 4.68. The van der Waals surface area contributed by atoms with Gasteiger partial charge in [-0.3, -0.25) is 9.59 Å². The number of carbonyl (C=O) groups is 2. The smallest absolute Gasteiger partial charge is 0.310 e. The number of halogens is 1. The average molecular weight is 217 g/mol. The summed E-state index contributed by atoms with van der Waals surface area (Å²) in [7, 11) is 0. The highest BCUT2D eigenvalue weighted by Gasteiger charge is 2.68. The van der Waals surface area contributed by atoms with Crippen molar-refractivity contribution in [3.8, 4) is 0 Å². The van der Waals surface area contributed by atoms with Gasteiger partial charge >= 0.3 is 11.9 Å². The van der Waals surface area contributed by atoms with Crippen molar-refractivity contribution in [1.29, 1.82) is 0 Å². The number of esters is 1. The van der Waals surface area contributed by atoms with E-state index >= 15 is 0 Å². The fourth-order valence-corrected chi connectivity index (χ4v) is 3.81. The number of hydrogen-bond acceptors (Lipinski definition) is 3. The van der Waals surface area contributed by atoms with Gasteiger partial charge < -0.3 is 9.84 Å². The summed E-state index contributed by atoms with van der Waals surface area (Å²) in [6.07, 6.45) is 0.501. The summed E-state index contributed by atoms with van der Waals surface area (Å²) in [6, 6.07) is 0. The minimum Gasteiger partial charge on any atom is -0.481 e. The molecule has 0 aromatic heterocycles. The number of alkyl halides is 1. The Morgan fingerprint density at radius 3 is 2.86 bits per heavy atom. The second-order valence-corrected chi connectivity index (χ2v) is 4.80. The van der Waals surface area contributed by atoms with Crippen LogP contribution in [0, 0.1) is 23.7 Å². The zero-order valence-electron chi connectivity index (χ0n) is 7.22. The van der Waals surface area contributed by atoms with Gasteiger partial charge in [-0.25, -0.2) is 0 Å². The van der Waals surface area contributed by atoms with Gasteiger partial charge in [0.25, 0.3) is 0 Å². The van der Waals surface area contributed by atoms with Gasteiger partial charge in [-0.15, -0.1) is 11.6 Å². The lowest BCUT2D eigenvalue weighted by Gasteiger charge is -2.24. The largest absolute Gasteiger partial charge is 0.481 e. The normalized spacial score (nSPS) is 53.6. The highest BCUT2D eigenvalue weighted by atomic mass is 35.5. The Hall–Kier alpha value is -0.770. The van der Waals surface area contributed by atoms with Gasteiger partial charge in [0.1, 0.15) is 6.10 Å². The zero-order chi connectivity index (χ0) is 10.0. The topological polar surface area (TPSA) is 63.6 Å².